The first-order valence-electron chi connectivity index (χ1n) is 4.34. The first kappa shape index (κ1) is 10.0. The molecule has 72 valence electrons. The molecule has 1 rings (SSSR count). The molecule has 0 aliphatic carbocycles. The lowest BCUT2D eigenvalue weighted by molar-refractivity contribution is 0.122. The Morgan fingerprint density at radius 3 is 2.46 bits per heavy atom. The molecule has 0 aromatic heterocycles. The first-order chi connectivity index (χ1) is 6.33. The molecule has 0 fully saturated rings. The summed E-state index contributed by atoms with van der Waals surface area (Å²) in [7, 11) is 0. The Bertz CT molecular complexity index is 233. The Morgan fingerprint density at radius 1 is 1.15 bits per heavy atom. The maximum absolute atomic E-state index is 5.43. The number of benzene rings is 1. The van der Waals surface area contributed by atoms with E-state index in [4.69, 9.17) is 10.6 Å². The van der Waals surface area contributed by atoms with Crippen LogP contribution in [0.1, 0.15) is 12.0 Å². The van der Waals surface area contributed by atoms with Crippen molar-refractivity contribution in [3.8, 4) is 5.75 Å². The summed E-state index contributed by atoms with van der Waals surface area (Å²) < 4.78 is 5.43. The maximum atomic E-state index is 5.43. The molecule has 0 unspecified atom stereocenters. The summed E-state index contributed by atoms with van der Waals surface area (Å²) in [6, 6.07) is 7.96. The fourth-order valence-electron chi connectivity index (χ4n) is 0.967. The second-order valence-electron chi connectivity index (χ2n) is 2.89. The number of nitrogens with two attached hydrogens (primary N) is 1. The molecular formula is C10H15NO2. The van der Waals surface area contributed by atoms with Gasteiger partial charge in [0.1, 0.15) is 5.75 Å². The Hall–Kier alpha value is -1.06. The molecule has 0 bridgehead atoms. The van der Waals surface area contributed by atoms with Crippen LogP contribution in [0.25, 0.3) is 0 Å². The molecule has 13 heavy (non-hydrogen) atoms. The van der Waals surface area contributed by atoms with E-state index in [1.165, 1.54) is 5.56 Å². The summed E-state index contributed by atoms with van der Waals surface area (Å²) in [5, 5.41) is 0. The highest BCUT2D eigenvalue weighted by Gasteiger charge is 1.92. The zero-order valence-corrected chi connectivity index (χ0v) is 7.82. The molecule has 0 amide bonds. The van der Waals surface area contributed by atoms with Crippen LogP contribution >= 0.6 is 0 Å². The van der Waals surface area contributed by atoms with E-state index >= 15 is 0 Å². The SMILES string of the molecule is Cc1ccc(OCCCON)cc1. The average Bonchev–Trinajstić information content (AvgIpc) is 2.15. The fraction of sp³-hybridized carbons (Fsp3) is 0.400. The van der Waals surface area contributed by atoms with Crippen LogP contribution in [0.4, 0.5) is 0 Å². The topological polar surface area (TPSA) is 44.5 Å². The number of hydrogen-bond donors (Lipinski definition) is 1. The van der Waals surface area contributed by atoms with Gasteiger partial charge in [-0.3, -0.25) is 0 Å². The smallest absolute Gasteiger partial charge is 0.119 e. The number of ether oxygens (including phenoxy) is 1. The highest BCUT2D eigenvalue weighted by atomic mass is 16.6. The van der Waals surface area contributed by atoms with Crippen LogP contribution in [-0.4, -0.2) is 13.2 Å². The third-order valence-corrected chi connectivity index (χ3v) is 1.70. The van der Waals surface area contributed by atoms with E-state index in [1.807, 2.05) is 31.2 Å². The minimum Gasteiger partial charge on any atom is -0.494 e. The Morgan fingerprint density at radius 2 is 1.85 bits per heavy atom. The molecule has 1 aromatic carbocycles. The Kier molecular flexibility index (Phi) is 4.29. The highest BCUT2D eigenvalue weighted by Crippen LogP contribution is 2.11. The summed E-state index contributed by atoms with van der Waals surface area (Å²) in [6.45, 7) is 3.22. The van der Waals surface area contributed by atoms with Crippen LogP contribution in [0.5, 0.6) is 5.75 Å². The number of rotatable bonds is 5. The molecule has 3 nitrogen and oxygen atoms in total. The Labute approximate surface area is 78.4 Å². The molecule has 0 saturated heterocycles. The fourth-order valence-corrected chi connectivity index (χ4v) is 0.967. The van der Waals surface area contributed by atoms with Crippen LogP contribution in [0.3, 0.4) is 0 Å². The molecular weight excluding hydrogens is 166 g/mol. The van der Waals surface area contributed by atoms with E-state index in [0.717, 1.165) is 12.2 Å². The van der Waals surface area contributed by atoms with E-state index in [0.29, 0.717) is 13.2 Å². The summed E-state index contributed by atoms with van der Waals surface area (Å²) >= 11 is 0. The van der Waals surface area contributed by atoms with E-state index < -0.39 is 0 Å². The van der Waals surface area contributed by atoms with Gasteiger partial charge in [0.05, 0.1) is 13.2 Å². The zero-order valence-electron chi connectivity index (χ0n) is 7.82. The van der Waals surface area contributed by atoms with Crippen LogP contribution in [0.2, 0.25) is 0 Å². The van der Waals surface area contributed by atoms with Gasteiger partial charge in [0, 0.05) is 6.42 Å². The van der Waals surface area contributed by atoms with Crippen LogP contribution in [0, 0.1) is 6.92 Å². The van der Waals surface area contributed by atoms with Gasteiger partial charge in [-0.2, -0.15) is 0 Å². The predicted octanol–water partition coefficient (Wildman–Crippen LogP) is 1.65. The van der Waals surface area contributed by atoms with Crippen molar-refractivity contribution in [3.63, 3.8) is 0 Å². The van der Waals surface area contributed by atoms with Gasteiger partial charge < -0.3 is 9.57 Å². The quantitative estimate of drug-likeness (QED) is 0.555. The predicted molar refractivity (Wildman–Crippen MR) is 51.4 cm³/mol. The number of hydrogen-bond acceptors (Lipinski definition) is 3. The van der Waals surface area contributed by atoms with Gasteiger partial charge in [0.15, 0.2) is 0 Å². The highest BCUT2D eigenvalue weighted by molar-refractivity contribution is 5.26. The summed E-state index contributed by atoms with van der Waals surface area (Å²) in [5.74, 6) is 5.76. The summed E-state index contributed by atoms with van der Waals surface area (Å²) in [4.78, 5) is 4.42. The van der Waals surface area contributed by atoms with Crippen molar-refractivity contribution in [2.75, 3.05) is 13.2 Å². The molecule has 3 heteroatoms. The van der Waals surface area contributed by atoms with Crippen molar-refractivity contribution in [3.05, 3.63) is 29.8 Å². The molecule has 0 spiro atoms. The van der Waals surface area contributed by atoms with Crippen LogP contribution in [-0.2, 0) is 4.84 Å². The summed E-state index contributed by atoms with van der Waals surface area (Å²) in [5.41, 5.74) is 1.23. The average molecular weight is 181 g/mol. The van der Waals surface area contributed by atoms with Crippen molar-refractivity contribution < 1.29 is 9.57 Å². The number of aryl methyl sites for hydroxylation is 1. The lowest BCUT2D eigenvalue weighted by Gasteiger charge is -2.05. The van der Waals surface area contributed by atoms with Gasteiger partial charge in [-0.15, -0.1) is 0 Å². The van der Waals surface area contributed by atoms with Gasteiger partial charge in [-0.1, -0.05) is 17.7 Å². The van der Waals surface area contributed by atoms with Gasteiger partial charge in [-0.25, -0.2) is 5.90 Å². The molecule has 0 heterocycles. The van der Waals surface area contributed by atoms with Crippen LogP contribution in [0.15, 0.2) is 24.3 Å². The van der Waals surface area contributed by atoms with Gasteiger partial charge in [-0.05, 0) is 19.1 Å². The van der Waals surface area contributed by atoms with Crippen molar-refractivity contribution in [1.29, 1.82) is 0 Å². The normalized spacial score (nSPS) is 10.0. The first-order valence-corrected chi connectivity index (χ1v) is 4.34. The second-order valence-corrected chi connectivity index (χ2v) is 2.89. The van der Waals surface area contributed by atoms with Gasteiger partial charge in [0.25, 0.3) is 0 Å². The molecule has 0 aliphatic rings. The van der Waals surface area contributed by atoms with Crippen molar-refractivity contribution in [2.45, 2.75) is 13.3 Å². The van der Waals surface area contributed by atoms with Crippen molar-refractivity contribution >= 4 is 0 Å². The lowest BCUT2D eigenvalue weighted by atomic mass is 10.2. The molecule has 0 atom stereocenters. The van der Waals surface area contributed by atoms with E-state index in [9.17, 15) is 0 Å². The standard InChI is InChI=1S/C10H15NO2/c1-9-3-5-10(6-4-9)12-7-2-8-13-11/h3-6H,2,7-8,11H2,1H3. The van der Waals surface area contributed by atoms with E-state index in [-0.39, 0.29) is 0 Å². The van der Waals surface area contributed by atoms with Crippen molar-refractivity contribution in [1.82, 2.24) is 0 Å². The molecule has 0 saturated carbocycles. The minimum atomic E-state index is 0.534. The Balaban J connectivity index is 2.25. The zero-order chi connectivity index (χ0) is 9.52. The van der Waals surface area contributed by atoms with Gasteiger partial charge >= 0.3 is 0 Å². The third-order valence-electron chi connectivity index (χ3n) is 1.70. The van der Waals surface area contributed by atoms with Gasteiger partial charge in [0.2, 0.25) is 0 Å². The third kappa shape index (κ3) is 3.92. The largest absolute Gasteiger partial charge is 0.494 e. The monoisotopic (exact) mass is 181 g/mol. The molecule has 1 aromatic rings. The van der Waals surface area contributed by atoms with Crippen LogP contribution < -0.4 is 10.6 Å². The van der Waals surface area contributed by atoms with Crippen molar-refractivity contribution in [2.24, 2.45) is 5.90 Å². The van der Waals surface area contributed by atoms with E-state index in [1.54, 1.807) is 0 Å². The minimum absolute atomic E-state index is 0.534. The lowest BCUT2D eigenvalue weighted by Crippen LogP contribution is -2.06. The van der Waals surface area contributed by atoms with E-state index in [2.05, 4.69) is 4.84 Å². The summed E-state index contributed by atoms with van der Waals surface area (Å²) in [6.07, 6.45) is 0.810. The molecule has 0 aliphatic heterocycles. The molecule has 0 radical (unpaired) electrons. The maximum Gasteiger partial charge on any atom is 0.119 e. The molecule has 2 N–H and O–H groups in total. The second kappa shape index (κ2) is 5.56.